The summed E-state index contributed by atoms with van der Waals surface area (Å²) in [5, 5.41) is 0. The van der Waals surface area contributed by atoms with Gasteiger partial charge in [-0.15, -0.1) is 0 Å². The van der Waals surface area contributed by atoms with E-state index in [1.54, 1.807) is 7.11 Å². The van der Waals surface area contributed by atoms with E-state index < -0.39 is 0 Å². The lowest BCUT2D eigenvalue weighted by molar-refractivity contribution is -0.0242. The van der Waals surface area contributed by atoms with Crippen molar-refractivity contribution in [2.45, 2.75) is 25.6 Å². The van der Waals surface area contributed by atoms with E-state index in [0.717, 1.165) is 51.6 Å². The minimum Gasteiger partial charge on any atom is -0.497 e. The topological polar surface area (TPSA) is 37.8 Å². The molecule has 0 saturated carbocycles. The van der Waals surface area contributed by atoms with E-state index in [1.807, 2.05) is 24.5 Å². The van der Waals surface area contributed by atoms with Crippen LogP contribution in [0, 0.1) is 5.92 Å². The van der Waals surface area contributed by atoms with Crippen LogP contribution in [0.25, 0.3) is 0 Å². The molecule has 2 aliphatic heterocycles. The van der Waals surface area contributed by atoms with E-state index in [0.29, 0.717) is 12.0 Å². The maximum Gasteiger partial charge on any atom is 0.118 e. The van der Waals surface area contributed by atoms with Gasteiger partial charge in [-0.1, -0.05) is 12.1 Å². The fourth-order valence-corrected chi connectivity index (χ4v) is 4.21. The predicted molar refractivity (Wildman–Crippen MR) is 106 cm³/mol. The fourth-order valence-electron chi connectivity index (χ4n) is 4.21. The third-order valence-corrected chi connectivity index (χ3v) is 5.73. The molecule has 5 heteroatoms. The van der Waals surface area contributed by atoms with Gasteiger partial charge in [0.1, 0.15) is 5.75 Å². The second-order valence-electron chi connectivity index (χ2n) is 7.63. The Kier molecular flexibility index (Phi) is 6.02. The molecule has 144 valence electrons. The molecule has 1 aromatic carbocycles. The van der Waals surface area contributed by atoms with Gasteiger partial charge >= 0.3 is 0 Å². The van der Waals surface area contributed by atoms with Crippen molar-refractivity contribution in [3.63, 3.8) is 0 Å². The van der Waals surface area contributed by atoms with Gasteiger partial charge in [0.05, 0.1) is 19.8 Å². The van der Waals surface area contributed by atoms with Crippen LogP contribution in [0.2, 0.25) is 0 Å². The molecule has 5 nitrogen and oxygen atoms in total. The zero-order valence-electron chi connectivity index (χ0n) is 16.1. The zero-order valence-corrected chi connectivity index (χ0v) is 16.1. The van der Waals surface area contributed by atoms with Crippen molar-refractivity contribution in [3.05, 3.63) is 59.9 Å². The summed E-state index contributed by atoms with van der Waals surface area (Å²) in [6.07, 6.45) is 5.31. The Morgan fingerprint density at radius 1 is 0.963 bits per heavy atom. The van der Waals surface area contributed by atoms with Crippen LogP contribution in [0.4, 0.5) is 0 Å². The second-order valence-corrected chi connectivity index (χ2v) is 7.63. The Bertz CT molecular complexity index is 707. The number of pyridine rings is 1. The number of nitrogens with zero attached hydrogens (tertiary/aromatic N) is 3. The highest BCUT2D eigenvalue weighted by molar-refractivity contribution is 5.27. The molecule has 2 atom stereocenters. The first-order valence-corrected chi connectivity index (χ1v) is 9.88. The maximum atomic E-state index is 6.26. The van der Waals surface area contributed by atoms with Crippen LogP contribution in [-0.2, 0) is 17.8 Å². The van der Waals surface area contributed by atoms with Gasteiger partial charge in [0.2, 0.25) is 0 Å². The number of methoxy groups -OCH3 is 1. The van der Waals surface area contributed by atoms with Gasteiger partial charge in [0.15, 0.2) is 0 Å². The van der Waals surface area contributed by atoms with E-state index in [4.69, 9.17) is 9.47 Å². The predicted octanol–water partition coefficient (Wildman–Crippen LogP) is 2.81. The van der Waals surface area contributed by atoms with Crippen LogP contribution < -0.4 is 4.74 Å². The lowest BCUT2D eigenvalue weighted by Gasteiger charge is -2.38. The molecule has 0 N–H and O–H groups in total. The minimum atomic E-state index is 0.347. The van der Waals surface area contributed by atoms with E-state index in [9.17, 15) is 0 Å². The van der Waals surface area contributed by atoms with Gasteiger partial charge in [0.25, 0.3) is 0 Å². The average molecular weight is 367 g/mol. The van der Waals surface area contributed by atoms with Crippen molar-refractivity contribution in [2.75, 3.05) is 39.9 Å². The number of fused-ring (bicyclic) bond motifs is 1. The molecule has 27 heavy (non-hydrogen) atoms. The third kappa shape index (κ3) is 4.86. The van der Waals surface area contributed by atoms with Crippen LogP contribution in [0.15, 0.2) is 48.8 Å². The molecule has 1 aromatic heterocycles. The number of hydrogen-bond acceptors (Lipinski definition) is 5. The smallest absolute Gasteiger partial charge is 0.118 e. The normalized spacial score (nSPS) is 24.2. The van der Waals surface area contributed by atoms with Crippen LogP contribution in [0.5, 0.6) is 5.75 Å². The maximum absolute atomic E-state index is 6.26. The van der Waals surface area contributed by atoms with Gasteiger partial charge in [-0.2, -0.15) is 0 Å². The summed E-state index contributed by atoms with van der Waals surface area (Å²) in [5.74, 6) is 1.54. The Balaban J connectivity index is 1.32. The minimum absolute atomic E-state index is 0.347. The highest BCUT2D eigenvalue weighted by Crippen LogP contribution is 2.26. The Morgan fingerprint density at radius 3 is 2.41 bits per heavy atom. The van der Waals surface area contributed by atoms with Crippen LogP contribution in [-0.4, -0.2) is 60.8 Å². The molecule has 2 fully saturated rings. The van der Waals surface area contributed by atoms with Crippen molar-refractivity contribution in [2.24, 2.45) is 5.92 Å². The molecule has 0 amide bonds. The van der Waals surface area contributed by atoms with Crippen molar-refractivity contribution in [1.29, 1.82) is 0 Å². The summed E-state index contributed by atoms with van der Waals surface area (Å²) >= 11 is 0. The average Bonchev–Trinajstić information content (AvgIpc) is 2.91. The number of piperidine rings is 1. The van der Waals surface area contributed by atoms with Gasteiger partial charge in [-0.05, 0) is 48.4 Å². The zero-order chi connectivity index (χ0) is 18.5. The summed E-state index contributed by atoms with van der Waals surface area (Å²) in [5.41, 5.74) is 2.67. The van der Waals surface area contributed by atoms with Crippen molar-refractivity contribution in [3.8, 4) is 5.75 Å². The van der Waals surface area contributed by atoms with E-state index in [2.05, 4.69) is 39.0 Å². The lowest BCUT2D eigenvalue weighted by Crippen LogP contribution is -2.46. The van der Waals surface area contributed by atoms with Crippen LogP contribution in [0.3, 0.4) is 0 Å². The molecule has 0 aliphatic carbocycles. The molecule has 2 aromatic rings. The van der Waals surface area contributed by atoms with Crippen LogP contribution in [0.1, 0.15) is 17.5 Å². The summed E-state index contributed by atoms with van der Waals surface area (Å²) in [6.45, 7) is 7.10. The number of likely N-dealkylation sites (tertiary alicyclic amines) is 1. The summed E-state index contributed by atoms with van der Waals surface area (Å²) in [7, 11) is 1.71. The van der Waals surface area contributed by atoms with Crippen LogP contribution >= 0.6 is 0 Å². The number of benzene rings is 1. The molecule has 2 saturated heterocycles. The molecule has 0 spiro atoms. The fraction of sp³-hybridized carbons (Fsp3) is 0.500. The highest BCUT2D eigenvalue weighted by Gasteiger charge is 2.33. The molecule has 2 aliphatic rings. The Hall–Kier alpha value is -1.95. The molecule has 0 bridgehead atoms. The molecule has 0 radical (unpaired) electrons. The van der Waals surface area contributed by atoms with Gasteiger partial charge in [-0.3, -0.25) is 14.8 Å². The van der Waals surface area contributed by atoms with Gasteiger partial charge in [0, 0.05) is 51.0 Å². The molecule has 0 unspecified atom stereocenters. The van der Waals surface area contributed by atoms with E-state index >= 15 is 0 Å². The SMILES string of the molecule is COc1ccc(CN2CC[C@@H]3CN(Cc4ccncc4)CCO[C@@H]3C2)cc1. The molecule has 4 rings (SSSR count). The first-order valence-electron chi connectivity index (χ1n) is 9.88. The summed E-state index contributed by atoms with van der Waals surface area (Å²) in [6, 6.07) is 12.6. The summed E-state index contributed by atoms with van der Waals surface area (Å²) < 4.78 is 11.5. The standard InChI is InChI=1S/C22H29N3O2/c1-26-21-4-2-18(3-5-21)14-24-11-8-20-16-25(12-13-27-22(20)17-24)15-19-6-9-23-10-7-19/h2-7,9-10,20,22H,8,11-17H2,1H3/t20-,22-/m1/s1. The van der Waals surface area contributed by atoms with Crippen molar-refractivity contribution in [1.82, 2.24) is 14.8 Å². The molecular weight excluding hydrogens is 338 g/mol. The number of aromatic nitrogens is 1. The molecular formula is C22H29N3O2. The number of hydrogen-bond donors (Lipinski definition) is 0. The Morgan fingerprint density at radius 2 is 1.67 bits per heavy atom. The van der Waals surface area contributed by atoms with Gasteiger partial charge in [-0.25, -0.2) is 0 Å². The number of rotatable bonds is 5. The second kappa shape index (κ2) is 8.83. The first-order chi connectivity index (χ1) is 13.3. The monoisotopic (exact) mass is 367 g/mol. The third-order valence-electron chi connectivity index (χ3n) is 5.73. The Labute approximate surface area is 161 Å². The van der Waals surface area contributed by atoms with E-state index in [-0.39, 0.29) is 0 Å². The highest BCUT2D eigenvalue weighted by atomic mass is 16.5. The number of ether oxygens (including phenoxy) is 2. The van der Waals surface area contributed by atoms with E-state index in [1.165, 1.54) is 17.5 Å². The quantitative estimate of drug-likeness (QED) is 0.812. The van der Waals surface area contributed by atoms with Crippen molar-refractivity contribution < 1.29 is 9.47 Å². The lowest BCUT2D eigenvalue weighted by atomic mass is 9.93. The largest absolute Gasteiger partial charge is 0.497 e. The van der Waals surface area contributed by atoms with Crippen molar-refractivity contribution >= 4 is 0 Å². The summed E-state index contributed by atoms with van der Waals surface area (Å²) in [4.78, 5) is 9.19. The molecule has 3 heterocycles. The first kappa shape index (κ1) is 18.4. The van der Waals surface area contributed by atoms with Gasteiger partial charge < -0.3 is 9.47 Å².